The first kappa shape index (κ1) is 45.4. The second kappa shape index (κ2) is 18.4. The third kappa shape index (κ3) is 8.35. The van der Waals surface area contributed by atoms with Crippen LogP contribution in [0.4, 0.5) is 23.1 Å². The van der Waals surface area contributed by atoms with Gasteiger partial charge in [0.05, 0.1) is 28.3 Å². The second-order valence-electron chi connectivity index (χ2n) is 20.0. The molecule has 5 aromatic rings. The summed E-state index contributed by atoms with van der Waals surface area (Å²) in [6.07, 6.45) is 6.63. The molecule has 70 heavy (non-hydrogen) atoms. The fourth-order valence-corrected chi connectivity index (χ4v) is 11.6. The molecule has 9 heterocycles. The first-order valence-electron chi connectivity index (χ1n) is 24.7. The number of hydrogen-bond donors (Lipinski definition) is 3. The fourth-order valence-electron chi connectivity index (χ4n) is 11.6. The molecule has 364 valence electrons. The van der Waals surface area contributed by atoms with Crippen LogP contribution in [0.5, 0.6) is 0 Å². The predicted molar refractivity (Wildman–Crippen MR) is 262 cm³/mol. The normalized spacial score (nSPS) is 23.1. The van der Waals surface area contributed by atoms with Crippen LogP contribution < -0.4 is 25.3 Å². The molecule has 0 aliphatic carbocycles. The van der Waals surface area contributed by atoms with E-state index < -0.39 is 23.8 Å². The van der Waals surface area contributed by atoms with Crippen molar-refractivity contribution in [2.75, 3.05) is 86.0 Å². The number of nitrogens with zero attached hydrogens (tertiary/aromatic N) is 12. The van der Waals surface area contributed by atoms with Gasteiger partial charge in [-0.05, 0) is 137 Å². The summed E-state index contributed by atoms with van der Waals surface area (Å²) in [6.45, 7) is 15.1. The summed E-state index contributed by atoms with van der Waals surface area (Å²) < 4.78 is 1.65. The lowest BCUT2D eigenvalue weighted by molar-refractivity contribution is -0.136. The van der Waals surface area contributed by atoms with Crippen LogP contribution in [-0.4, -0.2) is 158 Å². The Hall–Kier alpha value is -7.06. The van der Waals surface area contributed by atoms with Crippen molar-refractivity contribution in [2.24, 2.45) is 11.8 Å². The van der Waals surface area contributed by atoms with Gasteiger partial charge in [0.2, 0.25) is 17.8 Å². The van der Waals surface area contributed by atoms with Gasteiger partial charge in [-0.2, -0.15) is 5.10 Å². The molecule has 3 N–H and O–H groups in total. The number of imide groups is 2. The average Bonchev–Trinajstić information content (AvgIpc) is 4.09. The number of benzene rings is 2. The number of carbonyl (C=O) groups is 5. The average molecular weight is 950 g/mol. The Morgan fingerprint density at radius 1 is 0.829 bits per heavy atom. The SMILES string of the molecule is CC1=C(C(=O)Nc2ccc3[nH]nc(-c4ccnc(N5CCN(CC6CCN(CC7CCN(c8ccc9c(c8)C(=O)N(C8CCC(=O)NC8=O)C9=O)CC7)CC6)C(C)C5)c4)c3c2)C(C)n2nnnc2N1C. The van der Waals surface area contributed by atoms with Gasteiger partial charge in [0.25, 0.3) is 17.7 Å². The van der Waals surface area contributed by atoms with Crippen molar-refractivity contribution >= 4 is 63.6 Å². The Kier molecular flexibility index (Phi) is 11.9. The minimum atomic E-state index is -0.964. The van der Waals surface area contributed by atoms with Crippen LogP contribution in [-0.2, 0) is 14.4 Å². The van der Waals surface area contributed by atoms with Crippen molar-refractivity contribution in [1.82, 2.24) is 55.4 Å². The smallest absolute Gasteiger partial charge is 0.262 e. The number of carbonyl (C=O) groups excluding carboxylic acids is 5. The summed E-state index contributed by atoms with van der Waals surface area (Å²) in [6, 6.07) is 14.4. The van der Waals surface area contributed by atoms with Crippen LogP contribution in [0.15, 0.2) is 66.0 Å². The van der Waals surface area contributed by atoms with Gasteiger partial charge >= 0.3 is 0 Å². The van der Waals surface area contributed by atoms with Gasteiger partial charge in [0, 0.05) is 99.5 Å². The Labute approximate surface area is 405 Å². The molecular formula is C50H59N15O5. The molecule has 2 aromatic carbocycles. The lowest BCUT2D eigenvalue weighted by Crippen LogP contribution is -2.54. The minimum absolute atomic E-state index is 0.0996. The molecule has 6 aliphatic rings. The van der Waals surface area contributed by atoms with Crippen molar-refractivity contribution in [3.63, 3.8) is 0 Å². The van der Waals surface area contributed by atoms with E-state index in [1.165, 1.54) is 12.8 Å². The number of hydrogen-bond acceptors (Lipinski definition) is 15. The molecule has 20 heteroatoms. The molecule has 3 aromatic heterocycles. The Morgan fingerprint density at radius 3 is 2.39 bits per heavy atom. The van der Waals surface area contributed by atoms with Gasteiger partial charge in [-0.1, -0.05) is 5.10 Å². The zero-order chi connectivity index (χ0) is 48.4. The Balaban J connectivity index is 0.645. The van der Waals surface area contributed by atoms with Gasteiger partial charge < -0.3 is 24.9 Å². The van der Waals surface area contributed by atoms with Crippen molar-refractivity contribution in [3.8, 4) is 11.3 Å². The molecule has 3 unspecified atom stereocenters. The molecule has 20 nitrogen and oxygen atoms in total. The lowest BCUT2D eigenvalue weighted by atomic mass is 9.92. The molecule has 0 bridgehead atoms. The number of likely N-dealkylation sites (tertiary alicyclic amines) is 1. The maximum absolute atomic E-state index is 13.7. The van der Waals surface area contributed by atoms with Crippen molar-refractivity contribution < 1.29 is 24.0 Å². The van der Waals surface area contributed by atoms with Crippen LogP contribution in [0, 0.1) is 11.8 Å². The summed E-state index contributed by atoms with van der Waals surface area (Å²) in [5, 5.41) is 26.2. The molecule has 0 radical (unpaired) electrons. The number of allylic oxidation sites excluding steroid dienone is 1. The molecule has 5 amide bonds. The van der Waals surface area contributed by atoms with E-state index in [9.17, 15) is 24.0 Å². The van der Waals surface area contributed by atoms with E-state index in [-0.39, 0.29) is 30.7 Å². The number of tetrazole rings is 1. The van der Waals surface area contributed by atoms with E-state index >= 15 is 0 Å². The standard InChI is InChI=1S/C50H59N15O5/c1-29-26-63(42-23-34(11-16-51-42)45-39-24-35(5-8-40(39)54-55-45)52-47(68)44-30(2)59(4)50-56-57-58-65(50)31(44)3)22-21-62(29)28-33-12-17-60(18-13-33)27-32-14-19-61(20-15-32)36-6-7-37-38(25-36)49(70)64(48(37)69)41-9-10-43(66)53-46(41)67/h5-8,11,16,23-25,29,31-33,41H,9-10,12-15,17-22,26-28H2,1-4H3,(H,52,68)(H,54,55)(H,53,66,67). The van der Waals surface area contributed by atoms with Crippen molar-refractivity contribution in [3.05, 3.63) is 77.1 Å². The van der Waals surface area contributed by atoms with E-state index in [1.807, 2.05) is 62.3 Å². The maximum atomic E-state index is 13.7. The monoisotopic (exact) mass is 949 g/mol. The second-order valence-corrected chi connectivity index (χ2v) is 20.0. The van der Waals surface area contributed by atoms with Crippen LogP contribution in [0.25, 0.3) is 22.2 Å². The number of fused-ring (bicyclic) bond motifs is 3. The van der Waals surface area contributed by atoms with Gasteiger partial charge in [-0.15, -0.1) is 0 Å². The van der Waals surface area contributed by atoms with Crippen LogP contribution in [0.1, 0.15) is 86.1 Å². The van der Waals surface area contributed by atoms with E-state index in [0.29, 0.717) is 46.2 Å². The summed E-state index contributed by atoms with van der Waals surface area (Å²) in [4.78, 5) is 82.2. The first-order chi connectivity index (χ1) is 33.9. The van der Waals surface area contributed by atoms with Crippen molar-refractivity contribution in [2.45, 2.75) is 77.4 Å². The topological polar surface area (TPSA) is 214 Å². The zero-order valence-electron chi connectivity index (χ0n) is 40.1. The predicted octanol–water partition coefficient (Wildman–Crippen LogP) is 4.08. The van der Waals surface area contributed by atoms with Gasteiger partial charge in [0.1, 0.15) is 17.6 Å². The van der Waals surface area contributed by atoms with Gasteiger partial charge in [0.15, 0.2) is 0 Å². The highest BCUT2D eigenvalue weighted by Gasteiger charge is 2.45. The highest BCUT2D eigenvalue weighted by molar-refractivity contribution is 6.23. The number of nitrogens with one attached hydrogen (secondary N) is 3. The summed E-state index contributed by atoms with van der Waals surface area (Å²) in [5.74, 6) is 0.673. The van der Waals surface area contributed by atoms with Gasteiger partial charge in [-0.25, -0.2) is 9.67 Å². The molecular weight excluding hydrogens is 891 g/mol. The molecule has 4 fully saturated rings. The zero-order valence-corrected chi connectivity index (χ0v) is 40.1. The third-order valence-electron chi connectivity index (χ3n) is 15.7. The van der Waals surface area contributed by atoms with E-state index in [2.05, 4.69) is 63.8 Å². The van der Waals surface area contributed by atoms with E-state index in [0.717, 1.165) is 116 Å². The number of rotatable bonds is 10. The summed E-state index contributed by atoms with van der Waals surface area (Å²) in [7, 11) is 1.85. The maximum Gasteiger partial charge on any atom is 0.262 e. The molecule has 3 atom stereocenters. The largest absolute Gasteiger partial charge is 0.371 e. The molecule has 6 aliphatic heterocycles. The van der Waals surface area contributed by atoms with Crippen LogP contribution in [0.3, 0.4) is 0 Å². The summed E-state index contributed by atoms with van der Waals surface area (Å²) >= 11 is 0. The molecule has 0 saturated carbocycles. The van der Waals surface area contributed by atoms with Crippen molar-refractivity contribution in [1.29, 1.82) is 0 Å². The van der Waals surface area contributed by atoms with Gasteiger partial charge in [-0.3, -0.25) is 44.2 Å². The number of piperazine rings is 1. The summed E-state index contributed by atoms with van der Waals surface area (Å²) in [5.41, 5.74) is 6.24. The number of pyridine rings is 1. The van der Waals surface area contributed by atoms with E-state index in [4.69, 9.17) is 10.1 Å². The molecule has 0 spiro atoms. The van der Waals surface area contributed by atoms with E-state index in [1.54, 1.807) is 16.8 Å². The third-order valence-corrected chi connectivity index (χ3v) is 15.7. The molecule has 11 rings (SSSR count). The van der Waals surface area contributed by atoms with Crippen LogP contribution in [0.2, 0.25) is 0 Å². The number of piperidine rings is 3. The number of aromatic amines is 1. The highest BCUT2D eigenvalue weighted by atomic mass is 16.2. The molecule has 4 saturated heterocycles. The fraction of sp³-hybridized carbons (Fsp3) is 0.480. The Morgan fingerprint density at radius 2 is 1.60 bits per heavy atom. The first-order valence-corrected chi connectivity index (χ1v) is 24.7. The number of H-pyrrole nitrogens is 1. The minimum Gasteiger partial charge on any atom is -0.371 e. The quantitative estimate of drug-likeness (QED) is 0.168. The number of anilines is 4. The number of amides is 5. The van der Waals surface area contributed by atoms with Crippen LogP contribution >= 0.6 is 0 Å². The Bertz CT molecular complexity index is 2930. The highest BCUT2D eigenvalue weighted by Crippen LogP contribution is 2.36. The lowest BCUT2D eigenvalue weighted by Gasteiger charge is -2.43. The number of aromatic nitrogens is 7.